The first-order valence-electron chi connectivity index (χ1n) is 6.36. The summed E-state index contributed by atoms with van der Waals surface area (Å²) in [5.74, 6) is 6.58. The molecule has 0 aliphatic heterocycles. The van der Waals surface area contributed by atoms with Crippen molar-refractivity contribution in [3.8, 4) is 5.75 Å². The molecule has 1 aromatic carbocycles. The number of nitrogens with zero attached hydrogens (tertiary/aromatic N) is 1. The molecule has 4 nitrogen and oxygen atoms in total. The van der Waals surface area contributed by atoms with Gasteiger partial charge in [0.1, 0.15) is 5.75 Å². The summed E-state index contributed by atoms with van der Waals surface area (Å²) < 4.78 is 5.67. The van der Waals surface area contributed by atoms with Crippen molar-refractivity contribution in [2.24, 2.45) is 5.84 Å². The van der Waals surface area contributed by atoms with Crippen molar-refractivity contribution in [1.82, 2.24) is 10.4 Å². The minimum Gasteiger partial charge on any atom is -0.494 e. The normalized spacial score (nSPS) is 12.2. The molecule has 0 spiro atoms. The molecule has 3 N–H and O–H groups in total. The molecule has 1 aromatic heterocycles. The Labute approximate surface area is 113 Å². The third-order valence-electron chi connectivity index (χ3n) is 3.09. The number of hydrogen-bond donors (Lipinski definition) is 2. The molecule has 1 heterocycles. The number of rotatable bonds is 5. The maximum atomic E-state index is 5.74. The number of benzene rings is 1. The zero-order valence-electron chi connectivity index (χ0n) is 11.3. The Morgan fingerprint density at radius 2 is 2.05 bits per heavy atom. The van der Waals surface area contributed by atoms with Gasteiger partial charge in [-0.1, -0.05) is 18.2 Å². The van der Waals surface area contributed by atoms with E-state index in [1.54, 1.807) is 6.20 Å². The van der Waals surface area contributed by atoms with E-state index < -0.39 is 0 Å². The van der Waals surface area contributed by atoms with E-state index >= 15 is 0 Å². The van der Waals surface area contributed by atoms with Gasteiger partial charge in [-0.2, -0.15) is 0 Å². The summed E-state index contributed by atoms with van der Waals surface area (Å²) in [5, 5.41) is 0. The van der Waals surface area contributed by atoms with Crippen LogP contribution in [0.25, 0.3) is 0 Å². The standard InChI is InChI=1S/C15H19N3O/c1-3-19-14-7-5-4-6-12(14)15(18-16)13-10-17-9-8-11(13)2/h4-10,15,18H,3,16H2,1-2H3. The predicted octanol–water partition coefficient (Wildman–Crippen LogP) is 2.34. The summed E-state index contributed by atoms with van der Waals surface area (Å²) in [7, 11) is 0. The summed E-state index contributed by atoms with van der Waals surface area (Å²) in [6.45, 7) is 4.64. The summed E-state index contributed by atoms with van der Waals surface area (Å²) >= 11 is 0. The van der Waals surface area contributed by atoms with Crippen LogP contribution in [0.15, 0.2) is 42.7 Å². The number of nitrogens with one attached hydrogen (secondary N) is 1. The molecule has 4 heteroatoms. The monoisotopic (exact) mass is 257 g/mol. The molecule has 0 bridgehead atoms. The number of ether oxygens (including phenoxy) is 1. The van der Waals surface area contributed by atoms with Gasteiger partial charge in [0.2, 0.25) is 0 Å². The number of para-hydroxylation sites is 1. The topological polar surface area (TPSA) is 60.2 Å². The number of aromatic nitrogens is 1. The lowest BCUT2D eigenvalue weighted by Crippen LogP contribution is -2.29. The van der Waals surface area contributed by atoms with E-state index in [1.807, 2.05) is 50.4 Å². The zero-order valence-corrected chi connectivity index (χ0v) is 11.3. The van der Waals surface area contributed by atoms with E-state index in [4.69, 9.17) is 10.6 Å². The third kappa shape index (κ3) is 2.92. The molecule has 0 saturated carbocycles. The smallest absolute Gasteiger partial charge is 0.124 e. The van der Waals surface area contributed by atoms with Crippen LogP contribution in [0.2, 0.25) is 0 Å². The fourth-order valence-corrected chi connectivity index (χ4v) is 2.13. The maximum absolute atomic E-state index is 5.74. The van der Waals surface area contributed by atoms with Gasteiger partial charge < -0.3 is 4.74 Å². The van der Waals surface area contributed by atoms with Gasteiger partial charge in [0, 0.05) is 18.0 Å². The molecule has 19 heavy (non-hydrogen) atoms. The second-order valence-corrected chi connectivity index (χ2v) is 4.30. The molecule has 100 valence electrons. The molecule has 2 rings (SSSR count). The molecule has 1 atom stereocenters. The van der Waals surface area contributed by atoms with E-state index in [-0.39, 0.29) is 6.04 Å². The van der Waals surface area contributed by atoms with Crippen LogP contribution in [0.1, 0.15) is 29.7 Å². The van der Waals surface area contributed by atoms with Crippen LogP contribution < -0.4 is 16.0 Å². The Kier molecular flexibility index (Phi) is 4.49. The zero-order chi connectivity index (χ0) is 13.7. The highest BCUT2D eigenvalue weighted by Crippen LogP contribution is 2.30. The quantitative estimate of drug-likeness (QED) is 0.637. The first kappa shape index (κ1) is 13.5. The minimum atomic E-state index is -0.128. The maximum Gasteiger partial charge on any atom is 0.124 e. The average molecular weight is 257 g/mol. The van der Waals surface area contributed by atoms with Crippen molar-refractivity contribution in [3.63, 3.8) is 0 Å². The molecule has 0 fully saturated rings. The minimum absolute atomic E-state index is 0.128. The van der Waals surface area contributed by atoms with Crippen molar-refractivity contribution in [1.29, 1.82) is 0 Å². The van der Waals surface area contributed by atoms with E-state index in [9.17, 15) is 0 Å². The van der Waals surface area contributed by atoms with Crippen LogP contribution in [-0.2, 0) is 0 Å². The van der Waals surface area contributed by atoms with Crippen LogP contribution >= 0.6 is 0 Å². The van der Waals surface area contributed by atoms with Crippen LogP contribution in [-0.4, -0.2) is 11.6 Å². The lowest BCUT2D eigenvalue weighted by atomic mass is 9.96. The van der Waals surface area contributed by atoms with Crippen molar-refractivity contribution in [2.75, 3.05) is 6.61 Å². The Hall–Kier alpha value is -1.91. The summed E-state index contributed by atoms with van der Waals surface area (Å²) in [6.07, 6.45) is 3.61. The number of hydrazine groups is 1. The van der Waals surface area contributed by atoms with Crippen molar-refractivity contribution >= 4 is 0 Å². The van der Waals surface area contributed by atoms with Gasteiger partial charge in [0.25, 0.3) is 0 Å². The first-order chi connectivity index (χ1) is 9.27. The van der Waals surface area contributed by atoms with Crippen LogP contribution in [0.5, 0.6) is 5.75 Å². The predicted molar refractivity (Wildman–Crippen MR) is 75.8 cm³/mol. The largest absolute Gasteiger partial charge is 0.494 e. The molecule has 0 aliphatic carbocycles. The Morgan fingerprint density at radius 3 is 2.74 bits per heavy atom. The number of nitrogens with two attached hydrogens (primary N) is 1. The Morgan fingerprint density at radius 1 is 1.26 bits per heavy atom. The van der Waals surface area contributed by atoms with Crippen molar-refractivity contribution < 1.29 is 4.74 Å². The molecule has 0 saturated heterocycles. The van der Waals surface area contributed by atoms with Crippen molar-refractivity contribution in [2.45, 2.75) is 19.9 Å². The van der Waals surface area contributed by atoms with E-state index in [2.05, 4.69) is 10.4 Å². The highest BCUT2D eigenvalue weighted by molar-refractivity contribution is 5.42. The second kappa shape index (κ2) is 6.31. The van der Waals surface area contributed by atoms with Crippen molar-refractivity contribution in [3.05, 3.63) is 59.4 Å². The van der Waals surface area contributed by atoms with Crippen LogP contribution in [0.3, 0.4) is 0 Å². The van der Waals surface area contributed by atoms with E-state index in [1.165, 1.54) is 0 Å². The number of pyridine rings is 1. The highest BCUT2D eigenvalue weighted by atomic mass is 16.5. The van der Waals surface area contributed by atoms with Crippen LogP contribution in [0.4, 0.5) is 0 Å². The second-order valence-electron chi connectivity index (χ2n) is 4.30. The third-order valence-corrected chi connectivity index (χ3v) is 3.09. The lowest BCUT2D eigenvalue weighted by Gasteiger charge is -2.21. The lowest BCUT2D eigenvalue weighted by molar-refractivity contribution is 0.333. The highest BCUT2D eigenvalue weighted by Gasteiger charge is 2.18. The Bertz CT molecular complexity index is 542. The van der Waals surface area contributed by atoms with Gasteiger partial charge >= 0.3 is 0 Å². The van der Waals surface area contributed by atoms with E-state index in [0.29, 0.717) is 6.61 Å². The van der Waals surface area contributed by atoms with Gasteiger partial charge in [-0.3, -0.25) is 10.8 Å². The molecule has 1 unspecified atom stereocenters. The average Bonchev–Trinajstić information content (AvgIpc) is 2.44. The fraction of sp³-hybridized carbons (Fsp3) is 0.267. The summed E-state index contributed by atoms with van der Waals surface area (Å²) in [4.78, 5) is 4.18. The first-order valence-corrected chi connectivity index (χ1v) is 6.36. The molecule has 0 amide bonds. The molecular formula is C15H19N3O. The molecule has 0 radical (unpaired) electrons. The molecule has 0 aliphatic rings. The van der Waals surface area contributed by atoms with Crippen LogP contribution in [0, 0.1) is 6.92 Å². The van der Waals surface area contributed by atoms with Gasteiger partial charge in [0.15, 0.2) is 0 Å². The Balaban J connectivity index is 2.45. The van der Waals surface area contributed by atoms with Gasteiger partial charge in [-0.15, -0.1) is 0 Å². The molecular weight excluding hydrogens is 238 g/mol. The molecule has 2 aromatic rings. The number of hydrogen-bond acceptors (Lipinski definition) is 4. The summed E-state index contributed by atoms with van der Waals surface area (Å²) in [5.41, 5.74) is 6.07. The SMILES string of the molecule is CCOc1ccccc1C(NN)c1cnccc1C. The van der Waals surface area contributed by atoms with Gasteiger partial charge in [0.05, 0.1) is 12.6 Å². The fourth-order valence-electron chi connectivity index (χ4n) is 2.13. The van der Waals surface area contributed by atoms with Gasteiger partial charge in [-0.05, 0) is 37.1 Å². The summed E-state index contributed by atoms with van der Waals surface area (Å²) in [6, 6.07) is 9.75. The van der Waals surface area contributed by atoms with Gasteiger partial charge in [-0.25, -0.2) is 5.43 Å². The number of aryl methyl sites for hydroxylation is 1. The van der Waals surface area contributed by atoms with E-state index in [0.717, 1.165) is 22.4 Å².